The van der Waals surface area contributed by atoms with E-state index < -0.39 is 36.0 Å². The van der Waals surface area contributed by atoms with E-state index in [1.54, 1.807) is 6.92 Å². The monoisotopic (exact) mass is 502 g/mol. The second-order valence-corrected chi connectivity index (χ2v) is 8.74. The lowest BCUT2D eigenvalue weighted by Gasteiger charge is -2.25. The zero-order valence-corrected chi connectivity index (χ0v) is 19.9. The van der Waals surface area contributed by atoms with Crippen LogP contribution in [0, 0.1) is 6.92 Å². The zero-order chi connectivity index (χ0) is 26.2. The van der Waals surface area contributed by atoms with Crippen LogP contribution in [-0.4, -0.2) is 69.1 Å². The van der Waals surface area contributed by atoms with Gasteiger partial charge >= 0.3 is 18.2 Å². The van der Waals surface area contributed by atoms with Gasteiger partial charge in [0.1, 0.15) is 5.69 Å². The Labute approximate surface area is 205 Å². The zero-order valence-electron chi connectivity index (χ0n) is 19.9. The maximum Gasteiger partial charge on any atom is 0.433 e. The number of nitrogens with one attached hydrogen (secondary N) is 1. The first-order chi connectivity index (χ1) is 17.0. The molecule has 4 rings (SSSR count). The number of pyridine rings is 1. The highest BCUT2D eigenvalue weighted by Crippen LogP contribution is 2.28. The van der Waals surface area contributed by atoms with Gasteiger partial charge in [-0.05, 0) is 31.0 Å². The molecule has 0 bridgehead atoms. The minimum Gasteiger partial charge on any atom is -0.330 e. The molecule has 2 aromatic rings. The number of carbonyl (C=O) groups excluding carboxylic acids is 3. The van der Waals surface area contributed by atoms with Crippen molar-refractivity contribution in [3.8, 4) is 0 Å². The molecule has 0 aliphatic carbocycles. The fraction of sp³-hybridized carbons (Fsp3) is 0.375. The quantitative estimate of drug-likeness (QED) is 0.692. The molecule has 9 nitrogen and oxygen atoms in total. The molecular weight excluding hydrogens is 477 g/mol. The van der Waals surface area contributed by atoms with Crippen molar-refractivity contribution < 1.29 is 27.6 Å². The van der Waals surface area contributed by atoms with Crippen LogP contribution < -0.4 is 5.32 Å². The van der Waals surface area contributed by atoms with Crippen molar-refractivity contribution in [3.63, 3.8) is 0 Å². The van der Waals surface area contributed by atoms with E-state index in [0.717, 1.165) is 28.3 Å². The van der Waals surface area contributed by atoms with Crippen molar-refractivity contribution >= 4 is 23.7 Å². The first-order valence-electron chi connectivity index (χ1n) is 11.3. The van der Waals surface area contributed by atoms with Gasteiger partial charge in [0.25, 0.3) is 0 Å². The smallest absolute Gasteiger partial charge is 0.330 e. The summed E-state index contributed by atoms with van der Waals surface area (Å²) in [5.41, 5.74) is 1.64. The van der Waals surface area contributed by atoms with E-state index in [4.69, 9.17) is 0 Å². The third kappa shape index (κ3) is 5.02. The Balaban J connectivity index is 1.54. The molecule has 2 aliphatic rings. The number of rotatable bonds is 4. The number of benzene rings is 1. The van der Waals surface area contributed by atoms with Crippen LogP contribution in [0.15, 0.2) is 47.7 Å². The number of imide groups is 1. The third-order valence-electron chi connectivity index (χ3n) is 6.19. The molecule has 1 fully saturated rings. The predicted molar refractivity (Wildman–Crippen MR) is 124 cm³/mol. The number of hydrazone groups is 1. The lowest BCUT2D eigenvalue weighted by atomic mass is 10.0. The second kappa shape index (κ2) is 9.59. The highest BCUT2D eigenvalue weighted by molar-refractivity contribution is 6.08. The maximum atomic E-state index is 13.0. The Bertz CT molecular complexity index is 1200. The molecule has 5 amide bonds. The van der Waals surface area contributed by atoms with Gasteiger partial charge in [0.15, 0.2) is 0 Å². The number of carbonyl (C=O) groups is 3. The molecule has 2 aliphatic heterocycles. The van der Waals surface area contributed by atoms with Crippen LogP contribution in [0.5, 0.6) is 0 Å². The molecule has 0 spiro atoms. The van der Waals surface area contributed by atoms with Crippen LogP contribution in [0.25, 0.3) is 0 Å². The maximum absolute atomic E-state index is 13.0. The summed E-state index contributed by atoms with van der Waals surface area (Å²) < 4.78 is 38.4. The Kier molecular flexibility index (Phi) is 6.70. The van der Waals surface area contributed by atoms with Gasteiger partial charge in [-0.2, -0.15) is 18.3 Å². The van der Waals surface area contributed by atoms with Crippen LogP contribution in [0.2, 0.25) is 0 Å². The first-order valence-corrected chi connectivity index (χ1v) is 11.3. The Morgan fingerprint density at radius 2 is 1.81 bits per heavy atom. The molecule has 1 unspecified atom stereocenters. The lowest BCUT2D eigenvalue weighted by molar-refractivity contribution is -0.141. The molecule has 1 aromatic carbocycles. The minimum absolute atomic E-state index is 0.0600. The summed E-state index contributed by atoms with van der Waals surface area (Å²) in [5.74, 6) is -0.358. The molecule has 3 heterocycles. The number of aromatic nitrogens is 1. The highest BCUT2D eigenvalue weighted by Gasteiger charge is 2.43. The molecule has 36 heavy (non-hydrogen) atoms. The van der Waals surface area contributed by atoms with Crippen molar-refractivity contribution in [3.05, 3.63) is 65.0 Å². The topological polar surface area (TPSA) is 98.2 Å². The number of hydrogen-bond acceptors (Lipinski definition) is 5. The summed E-state index contributed by atoms with van der Waals surface area (Å²) in [6, 6.07) is 7.36. The Hall–Kier alpha value is -3.96. The van der Waals surface area contributed by atoms with E-state index in [9.17, 15) is 27.6 Å². The first kappa shape index (κ1) is 25.1. The van der Waals surface area contributed by atoms with Crippen molar-refractivity contribution in [2.75, 3.05) is 19.6 Å². The lowest BCUT2D eigenvalue weighted by Crippen LogP contribution is -2.47. The van der Waals surface area contributed by atoms with Gasteiger partial charge in [0, 0.05) is 26.2 Å². The number of amides is 5. The van der Waals surface area contributed by atoms with Crippen molar-refractivity contribution in [1.82, 2.24) is 25.1 Å². The van der Waals surface area contributed by atoms with Gasteiger partial charge in [-0.15, -0.1) is 0 Å². The predicted octanol–water partition coefficient (Wildman–Crippen LogP) is 3.55. The van der Waals surface area contributed by atoms with Crippen LogP contribution in [0.1, 0.15) is 42.3 Å². The van der Waals surface area contributed by atoms with Crippen LogP contribution >= 0.6 is 0 Å². The summed E-state index contributed by atoms with van der Waals surface area (Å²) >= 11 is 0. The molecule has 0 radical (unpaired) electrons. The number of aryl methyl sites for hydroxylation is 1. The van der Waals surface area contributed by atoms with Crippen LogP contribution in [0.3, 0.4) is 0 Å². The second-order valence-electron chi connectivity index (χ2n) is 8.74. The normalized spacial score (nSPS) is 18.9. The fourth-order valence-corrected chi connectivity index (χ4v) is 4.14. The number of halogens is 3. The van der Waals surface area contributed by atoms with Gasteiger partial charge < -0.3 is 10.2 Å². The standard InChI is InChI=1S/C24H25F3N6O3/c1-14-4-6-17(7-5-14)21-19(32-11-10-31(16(3)34)23(32)36)13-33(30-21)22(35)29-15(2)18-8-9-20(28-12-18)24(25,26)27/h4-9,12,15,19H,10-11,13H2,1-3H3,(H,29,35)/t15?,19-/m0/s1. The molecule has 0 saturated carbocycles. The van der Waals surface area contributed by atoms with Crippen LogP contribution in [-0.2, 0) is 11.0 Å². The van der Waals surface area contributed by atoms with E-state index in [-0.39, 0.29) is 19.0 Å². The Morgan fingerprint density at radius 3 is 2.36 bits per heavy atom. The molecule has 2 atom stereocenters. The number of hydrogen-bond donors (Lipinski definition) is 1. The van der Waals surface area contributed by atoms with E-state index in [1.807, 2.05) is 31.2 Å². The van der Waals surface area contributed by atoms with Crippen molar-refractivity contribution in [1.29, 1.82) is 0 Å². The SMILES string of the molecule is CC(=O)N1CCN([C@H]2CN(C(=O)NC(C)c3ccc(C(F)(F)F)nc3)N=C2c2ccc(C)cc2)C1=O. The summed E-state index contributed by atoms with van der Waals surface area (Å²) in [5, 5.41) is 8.40. The number of nitrogens with zero attached hydrogens (tertiary/aromatic N) is 5. The molecule has 1 aromatic heterocycles. The number of urea groups is 2. The minimum atomic E-state index is -4.55. The highest BCUT2D eigenvalue weighted by atomic mass is 19.4. The van der Waals surface area contributed by atoms with Gasteiger partial charge in [0.05, 0.1) is 24.3 Å². The van der Waals surface area contributed by atoms with E-state index in [1.165, 1.54) is 22.9 Å². The number of alkyl halides is 3. The largest absolute Gasteiger partial charge is 0.433 e. The van der Waals surface area contributed by atoms with Gasteiger partial charge in [0.2, 0.25) is 5.91 Å². The summed E-state index contributed by atoms with van der Waals surface area (Å²) in [4.78, 5) is 43.8. The molecule has 1 saturated heterocycles. The van der Waals surface area contributed by atoms with Gasteiger partial charge in [-0.25, -0.2) is 14.6 Å². The van der Waals surface area contributed by atoms with E-state index >= 15 is 0 Å². The molecule has 1 N–H and O–H groups in total. The average Bonchev–Trinajstić information content (AvgIpc) is 3.43. The van der Waals surface area contributed by atoms with E-state index in [2.05, 4.69) is 15.4 Å². The van der Waals surface area contributed by atoms with Gasteiger partial charge in [-0.3, -0.25) is 14.7 Å². The Morgan fingerprint density at radius 1 is 1.11 bits per heavy atom. The summed E-state index contributed by atoms with van der Waals surface area (Å²) in [7, 11) is 0. The van der Waals surface area contributed by atoms with E-state index in [0.29, 0.717) is 17.8 Å². The van der Waals surface area contributed by atoms with Crippen molar-refractivity contribution in [2.24, 2.45) is 5.10 Å². The van der Waals surface area contributed by atoms with Crippen molar-refractivity contribution in [2.45, 2.75) is 39.0 Å². The van der Waals surface area contributed by atoms with Crippen LogP contribution in [0.4, 0.5) is 22.8 Å². The van der Waals surface area contributed by atoms with Gasteiger partial charge in [-0.1, -0.05) is 35.9 Å². The fourth-order valence-electron chi connectivity index (χ4n) is 4.14. The summed E-state index contributed by atoms with van der Waals surface area (Å²) in [6.07, 6.45) is -3.48. The third-order valence-corrected chi connectivity index (χ3v) is 6.19. The average molecular weight is 502 g/mol. The molecule has 190 valence electrons. The summed E-state index contributed by atoms with van der Waals surface area (Å²) in [6.45, 7) is 5.48. The molecular formula is C24H25F3N6O3. The molecule has 12 heteroatoms.